The first-order valence-electron chi connectivity index (χ1n) is 8.85. The number of fused-ring (bicyclic) bond motifs is 1. The van der Waals surface area contributed by atoms with Gasteiger partial charge in [-0.2, -0.15) is 0 Å². The third-order valence-corrected chi connectivity index (χ3v) is 4.94. The molecule has 1 fully saturated rings. The van der Waals surface area contributed by atoms with Gasteiger partial charge in [0.25, 0.3) is 0 Å². The van der Waals surface area contributed by atoms with Gasteiger partial charge in [0, 0.05) is 42.8 Å². The third kappa shape index (κ3) is 3.21. The van der Waals surface area contributed by atoms with Crippen molar-refractivity contribution in [1.82, 2.24) is 14.8 Å². The molecule has 1 aliphatic heterocycles. The second-order valence-corrected chi connectivity index (χ2v) is 6.42. The molecule has 1 N–H and O–H groups in total. The SMILES string of the molecule is CCCn1cc(CNC[C@H]2CCCN2CC)c2ccccc21. The van der Waals surface area contributed by atoms with E-state index in [2.05, 4.69) is 59.1 Å². The predicted octanol–water partition coefficient (Wildman–Crippen LogP) is 3.63. The fourth-order valence-corrected chi connectivity index (χ4v) is 3.81. The minimum absolute atomic E-state index is 0.731. The molecule has 1 saturated heterocycles. The van der Waals surface area contributed by atoms with E-state index in [4.69, 9.17) is 0 Å². The highest BCUT2D eigenvalue weighted by atomic mass is 15.2. The molecule has 2 aromatic rings. The number of nitrogens with zero attached hydrogens (tertiary/aromatic N) is 2. The minimum atomic E-state index is 0.731. The van der Waals surface area contributed by atoms with Crippen molar-refractivity contribution in [2.75, 3.05) is 19.6 Å². The van der Waals surface area contributed by atoms with Crippen LogP contribution in [0.15, 0.2) is 30.5 Å². The first-order chi connectivity index (χ1) is 10.8. The molecular formula is C19H29N3. The van der Waals surface area contributed by atoms with Gasteiger partial charge in [-0.3, -0.25) is 4.90 Å². The zero-order chi connectivity index (χ0) is 15.4. The summed E-state index contributed by atoms with van der Waals surface area (Å²) >= 11 is 0. The van der Waals surface area contributed by atoms with Gasteiger partial charge >= 0.3 is 0 Å². The Hall–Kier alpha value is -1.32. The highest BCUT2D eigenvalue weighted by molar-refractivity contribution is 5.83. The number of hydrogen-bond donors (Lipinski definition) is 1. The summed E-state index contributed by atoms with van der Waals surface area (Å²) in [7, 11) is 0. The number of nitrogens with one attached hydrogen (secondary N) is 1. The van der Waals surface area contributed by atoms with Crippen LogP contribution in [-0.2, 0) is 13.1 Å². The van der Waals surface area contributed by atoms with Gasteiger partial charge in [-0.25, -0.2) is 0 Å². The highest BCUT2D eigenvalue weighted by Crippen LogP contribution is 2.22. The van der Waals surface area contributed by atoms with E-state index in [1.54, 1.807) is 0 Å². The van der Waals surface area contributed by atoms with Crippen molar-refractivity contribution >= 4 is 10.9 Å². The number of likely N-dealkylation sites (tertiary alicyclic amines) is 1. The normalized spacial score (nSPS) is 19.3. The molecule has 0 spiro atoms. The van der Waals surface area contributed by atoms with Crippen LogP contribution in [0, 0.1) is 0 Å². The molecular weight excluding hydrogens is 270 g/mol. The number of benzene rings is 1. The molecule has 0 unspecified atom stereocenters. The summed E-state index contributed by atoms with van der Waals surface area (Å²) in [6, 6.07) is 9.52. The maximum atomic E-state index is 3.70. The number of aromatic nitrogens is 1. The second kappa shape index (κ2) is 7.30. The lowest BCUT2D eigenvalue weighted by Crippen LogP contribution is -2.37. The van der Waals surface area contributed by atoms with Gasteiger partial charge in [0.05, 0.1) is 0 Å². The van der Waals surface area contributed by atoms with Crippen LogP contribution in [-0.4, -0.2) is 35.1 Å². The number of likely N-dealkylation sites (N-methyl/N-ethyl adjacent to an activating group) is 1. The van der Waals surface area contributed by atoms with Crippen LogP contribution >= 0.6 is 0 Å². The van der Waals surface area contributed by atoms with Gasteiger partial charge in [0.2, 0.25) is 0 Å². The molecule has 0 bridgehead atoms. The predicted molar refractivity (Wildman–Crippen MR) is 94.2 cm³/mol. The molecule has 1 atom stereocenters. The van der Waals surface area contributed by atoms with Crippen LogP contribution in [0.1, 0.15) is 38.7 Å². The van der Waals surface area contributed by atoms with E-state index in [0.29, 0.717) is 0 Å². The fraction of sp³-hybridized carbons (Fsp3) is 0.579. The lowest BCUT2D eigenvalue weighted by atomic mass is 10.1. The molecule has 3 nitrogen and oxygen atoms in total. The number of rotatable bonds is 7. The largest absolute Gasteiger partial charge is 0.347 e. The van der Waals surface area contributed by atoms with E-state index in [9.17, 15) is 0 Å². The Bertz CT molecular complexity index is 602. The Kier molecular flexibility index (Phi) is 5.16. The van der Waals surface area contributed by atoms with Crippen LogP contribution in [0.3, 0.4) is 0 Å². The molecule has 0 aliphatic carbocycles. The third-order valence-electron chi connectivity index (χ3n) is 4.94. The number of aryl methyl sites for hydroxylation is 1. The monoisotopic (exact) mass is 299 g/mol. The Labute approximate surface area is 134 Å². The highest BCUT2D eigenvalue weighted by Gasteiger charge is 2.22. The molecule has 120 valence electrons. The van der Waals surface area contributed by atoms with Crippen molar-refractivity contribution in [2.45, 2.75) is 52.2 Å². The quantitative estimate of drug-likeness (QED) is 0.842. The van der Waals surface area contributed by atoms with E-state index < -0.39 is 0 Å². The van der Waals surface area contributed by atoms with Crippen LogP contribution in [0.25, 0.3) is 10.9 Å². The molecule has 2 heterocycles. The number of para-hydroxylation sites is 1. The fourth-order valence-electron chi connectivity index (χ4n) is 3.81. The van der Waals surface area contributed by atoms with Crippen molar-refractivity contribution < 1.29 is 0 Å². The second-order valence-electron chi connectivity index (χ2n) is 6.42. The lowest BCUT2D eigenvalue weighted by Gasteiger charge is -2.22. The van der Waals surface area contributed by atoms with Gasteiger partial charge < -0.3 is 9.88 Å². The van der Waals surface area contributed by atoms with Gasteiger partial charge in [-0.15, -0.1) is 0 Å². The molecule has 0 saturated carbocycles. The summed E-state index contributed by atoms with van der Waals surface area (Å²) in [4.78, 5) is 2.60. The summed E-state index contributed by atoms with van der Waals surface area (Å²) in [5.74, 6) is 0. The summed E-state index contributed by atoms with van der Waals surface area (Å²) in [5.41, 5.74) is 2.81. The molecule has 0 radical (unpaired) electrons. The zero-order valence-corrected chi connectivity index (χ0v) is 14.0. The number of hydrogen-bond acceptors (Lipinski definition) is 2. The maximum absolute atomic E-state index is 3.70. The van der Waals surface area contributed by atoms with Crippen molar-refractivity contribution in [3.05, 3.63) is 36.0 Å². The van der Waals surface area contributed by atoms with Gasteiger partial charge in [-0.05, 0) is 44.0 Å². The Morgan fingerprint density at radius 3 is 2.91 bits per heavy atom. The molecule has 0 amide bonds. The minimum Gasteiger partial charge on any atom is -0.347 e. The molecule has 1 aromatic heterocycles. The summed E-state index contributed by atoms with van der Waals surface area (Å²) in [6.45, 7) is 10.2. The van der Waals surface area contributed by atoms with Gasteiger partial charge in [-0.1, -0.05) is 32.0 Å². The van der Waals surface area contributed by atoms with Crippen molar-refractivity contribution in [1.29, 1.82) is 0 Å². The van der Waals surface area contributed by atoms with Crippen LogP contribution < -0.4 is 5.32 Å². The Morgan fingerprint density at radius 1 is 1.23 bits per heavy atom. The van der Waals surface area contributed by atoms with E-state index >= 15 is 0 Å². The van der Waals surface area contributed by atoms with E-state index in [-0.39, 0.29) is 0 Å². The standard InChI is InChI=1S/C19H29N3/c1-3-11-22-15-16(18-9-5-6-10-19(18)22)13-20-14-17-8-7-12-21(17)4-2/h5-6,9-10,15,17,20H,3-4,7-8,11-14H2,1-2H3/t17-/m1/s1. The van der Waals surface area contributed by atoms with E-state index in [1.807, 2.05) is 0 Å². The summed E-state index contributed by atoms with van der Waals surface area (Å²) in [5, 5.41) is 5.11. The summed E-state index contributed by atoms with van der Waals surface area (Å²) < 4.78 is 2.40. The van der Waals surface area contributed by atoms with Crippen molar-refractivity contribution in [2.24, 2.45) is 0 Å². The lowest BCUT2D eigenvalue weighted by molar-refractivity contribution is 0.260. The molecule has 3 rings (SSSR count). The average molecular weight is 299 g/mol. The molecule has 1 aliphatic rings. The van der Waals surface area contributed by atoms with Gasteiger partial charge in [0.15, 0.2) is 0 Å². The molecule has 3 heteroatoms. The van der Waals surface area contributed by atoms with Crippen molar-refractivity contribution in [3.8, 4) is 0 Å². The molecule has 1 aromatic carbocycles. The topological polar surface area (TPSA) is 20.2 Å². The maximum Gasteiger partial charge on any atom is 0.0483 e. The van der Waals surface area contributed by atoms with Crippen LogP contribution in [0.2, 0.25) is 0 Å². The summed E-state index contributed by atoms with van der Waals surface area (Å²) in [6.07, 6.45) is 6.22. The van der Waals surface area contributed by atoms with Crippen LogP contribution in [0.5, 0.6) is 0 Å². The van der Waals surface area contributed by atoms with E-state index in [1.165, 1.54) is 48.8 Å². The first kappa shape index (κ1) is 15.6. The van der Waals surface area contributed by atoms with Crippen molar-refractivity contribution in [3.63, 3.8) is 0 Å². The van der Waals surface area contributed by atoms with E-state index in [0.717, 1.165) is 25.7 Å². The Balaban J connectivity index is 1.66. The average Bonchev–Trinajstić information content (AvgIpc) is 3.13. The zero-order valence-electron chi connectivity index (χ0n) is 14.0. The Morgan fingerprint density at radius 2 is 2.09 bits per heavy atom. The smallest absolute Gasteiger partial charge is 0.0483 e. The van der Waals surface area contributed by atoms with Gasteiger partial charge in [0.1, 0.15) is 0 Å². The molecule has 22 heavy (non-hydrogen) atoms. The first-order valence-corrected chi connectivity index (χ1v) is 8.85. The van der Waals surface area contributed by atoms with Crippen LogP contribution in [0.4, 0.5) is 0 Å².